The Morgan fingerprint density at radius 3 is 2.44 bits per heavy atom. The Bertz CT molecular complexity index is 896. The van der Waals surface area contributed by atoms with Gasteiger partial charge in [0.25, 0.3) is 5.91 Å². The first-order chi connectivity index (χ1) is 12.8. The van der Waals surface area contributed by atoms with Crippen LogP contribution in [0.4, 0.5) is 0 Å². The van der Waals surface area contributed by atoms with Gasteiger partial charge in [0.05, 0.1) is 29.6 Å². The van der Waals surface area contributed by atoms with Crippen molar-refractivity contribution in [2.75, 3.05) is 14.2 Å². The number of amides is 1. The average molecular weight is 482 g/mol. The molecule has 0 saturated heterocycles. The molecule has 1 N–H and O–H groups in total. The van der Waals surface area contributed by atoms with E-state index in [1.807, 2.05) is 35.6 Å². The van der Waals surface area contributed by atoms with Gasteiger partial charge in [-0.3, -0.25) is 9.59 Å². The summed E-state index contributed by atoms with van der Waals surface area (Å²) in [5.74, 6) is 0.388. The van der Waals surface area contributed by atoms with Gasteiger partial charge in [0, 0.05) is 6.92 Å². The van der Waals surface area contributed by atoms with E-state index in [-0.39, 0.29) is 5.91 Å². The smallest absolute Gasteiger partial charge is 0.308 e. The number of carbonyl (C=O) groups excluding carboxylic acids is 2. The predicted molar refractivity (Wildman–Crippen MR) is 110 cm³/mol. The van der Waals surface area contributed by atoms with Crippen molar-refractivity contribution in [2.45, 2.75) is 13.8 Å². The Kier molecular flexibility index (Phi) is 7.17. The van der Waals surface area contributed by atoms with E-state index in [0.29, 0.717) is 31.9 Å². The van der Waals surface area contributed by atoms with Gasteiger partial charge >= 0.3 is 5.97 Å². The van der Waals surface area contributed by atoms with Gasteiger partial charge in [0.1, 0.15) is 5.75 Å². The number of ether oxygens (including phenoxy) is 3. The minimum atomic E-state index is -0.438. The number of hydrazone groups is 1. The van der Waals surface area contributed by atoms with Crippen LogP contribution in [-0.2, 0) is 4.79 Å². The molecule has 0 radical (unpaired) electrons. The molecule has 2 aromatic carbocycles. The first kappa shape index (κ1) is 20.7. The molecule has 2 rings (SSSR count). The summed E-state index contributed by atoms with van der Waals surface area (Å²) in [4.78, 5) is 23.5. The van der Waals surface area contributed by atoms with Crippen molar-refractivity contribution in [1.29, 1.82) is 0 Å². The van der Waals surface area contributed by atoms with Crippen molar-refractivity contribution in [3.05, 3.63) is 50.6 Å². The lowest BCUT2D eigenvalue weighted by molar-refractivity contribution is -0.132. The molecule has 7 nitrogen and oxygen atoms in total. The highest BCUT2D eigenvalue weighted by atomic mass is 127. The van der Waals surface area contributed by atoms with Crippen molar-refractivity contribution in [1.82, 2.24) is 5.43 Å². The molecule has 142 valence electrons. The molecular formula is C19H19IN2O5. The molecule has 0 heterocycles. The third-order valence-electron chi connectivity index (χ3n) is 3.48. The summed E-state index contributed by atoms with van der Waals surface area (Å²) in [7, 11) is 2.98. The van der Waals surface area contributed by atoms with Crippen LogP contribution in [0.15, 0.2) is 35.4 Å². The minimum Gasteiger partial charge on any atom is -0.496 e. The molecule has 0 aliphatic rings. The number of nitrogens with one attached hydrogen (secondary N) is 1. The molecule has 0 saturated carbocycles. The normalized spacial score (nSPS) is 10.6. The quantitative estimate of drug-likeness (QED) is 0.225. The molecule has 1 amide bonds. The molecule has 0 bridgehead atoms. The standard InChI is InChI=1S/C19H19IN2O5/c1-11-5-6-14(16(7-11)25-3)19(24)22-21-10-13-8-15(20)18(27-12(2)23)17(9-13)26-4/h5-10H,1-4H3,(H,22,24)/b21-10-. The lowest BCUT2D eigenvalue weighted by Gasteiger charge is -2.11. The van der Waals surface area contributed by atoms with Crippen LogP contribution in [0.2, 0.25) is 0 Å². The van der Waals surface area contributed by atoms with Gasteiger partial charge in [-0.15, -0.1) is 0 Å². The maximum absolute atomic E-state index is 12.3. The van der Waals surface area contributed by atoms with Crippen LogP contribution < -0.4 is 19.6 Å². The second kappa shape index (κ2) is 9.36. The van der Waals surface area contributed by atoms with E-state index in [4.69, 9.17) is 14.2 Å². The van der Waals surface area contributed by atoms with Crippen molar-refractivity contribution in [3.63, 3.8) is 0 Å². The van der Waals surface area contributed by atoms with Crippen LogP contribution >= 0.6 is 22.6 Å². The molecular weight excluding hydrogens is 463 g/mol. The van der Waals surface area contributed by atoms with Crippen LogP contribution in [0.1, 0.15) is 28.4 Å². The van der Waals surface area contributed by atoms with Crippen LogP contribution in [0, 0.1) is 10.5 Å². The zero-order chi connectivity index (χ0) is 20.0. The third kappa shape index (κ3) is 5.43. The molecule has 0 fully saturated rings. The zero-order valence-electron chi connectivity index (χ0n) is 15.3. The van der Waals surface area contributed by atoms with Crippen LogP contribution in [-0.4, -0.2) is 32.3 Å². The Balaban J connectivity index is 2.17. The molecule has 0 atom stereocenters. The lowest BCUT2D eigenvalue weighted by atomic mass is 10.1. The van der Waals surface area contributed by atoms with Gasteiger partial charge < -0.3 is 14.2 Å². The largest absolute Gasteiger partial charge is 0.496 e. The molecule has 0 aliphatic carbocycles. The van der Waals surface area contributed by atoms with E-state index in [0.717, 1.165) is 5.56 Å². The summed E-state index contributed by atoms with van der Waals surface area (Å²) >= 11 is 2.03. The second-order valence-electron chi connectivity index (χ2n) is 5.53. The van der Waals surface area contributed by atoms with E-state index in [2.05, 4.69) is 10.5 Å². The fourth-order valence-corrected chi connectivity index (χ4v) is 3.00. The number of benzene rings is 2. The summed E-state index contributed by atoms with van der Waals surface area (Å²) < 4.78 is 16.3. The fraction of sp³-hybridized carbons (Fsp3) is 0.211. The summed E-state index contributed by atoms with van der Waals surface area (Å²) in [6.07, 6.45) is 1.47. The number of rotatable bonds is 6. The molecule has 0 unspecified atom stereocenters. The van der Waals surface area contributed by atoms with E-state index < -0.39 is 5.97 Å². The van der Waals surface area contributed by atoms with Crippen molar-refractivity contribution >= 4 is 40.7 Å². The van der Waals surface area contributed by atoms with Gasteiger partial charge in [0.15, 0.2) is 11.5 Å². The maximum atomic E-state index is 12.3. The van der Waals surface area contributed by atoms with Gasteiger partial charge in [0.2, 0.25) is 0 Å². The number of methoxy groups -OCH3 is 2. The third-order valence-corrected chi connectivity index (χ3v) is 4.28. The van der Waals surface area contributed by atoms with Gasteiger partial charge in [-0.25, -0.2) is 5.43 Å². The number of aryl methyl sites for hydroxylation is 1. The van der Waals surface area contributed by atoms with Crippen molar-refractivity contribution in [2.24, 2.45) is 5.10 Å². The van der Waals surface area contributed by atoms with Gasteiger partial charge in [-0.1, -0.05) is 6.07 Å². The average Bonchev–Trinajstić information content (AvgIpc) is 2.62. The van der Waals surface area contributed by atoms with Crippen LogP contribution in [0.3, 0.4) is 0 Å². The highest BCUT2D eigenvalue weighted by Gasteiger charge is 2.14. The first-order valence-corrected chi connectivity index (χ1v) is 8.97. The van der Waals surface area contributed by atoms with Gasteiger partial charge in [-0.2, -0.15) is 5.10 Å². The SMILES string of the molecule is COc1cc(C)ccc1C(=O)N/N=C\c1cc(I)c(OC(C)=O)c(OC)c1. The summed E-state index contributed by atoms with van der Waals surface area (Å²) in [6.45, 7) is 3.23. The van der Waals surface area contributed by atoms with Crippen molar-refractivity contribution < 1.29 is 23.8 Å². The second-order valence-corrected chi connectivity index (χ2v) is 6.69. The summed E-state index contributed by atoms with van der Waals surface area (Å²) in [6, 6.07) is 8.69. The fourth-order valence-electron chi connectivity index (χ4n) is 2.27. The molecule has 2 aromatic rings. The minimum absolute atomic E-state index is 0.344. The Labute approximate surface area is 170 Å². The number of carbonyl (C=O) groups is 2. The molecule has 8 heteroatoms. The molecule has 0 aromatic heterocycles. The number of hydrogen-bond acceptors (Lipinski definition) is 6. The number of esters is 1. The monoisotopic (exact) mass is 482 g/mol. The Morgan fingerprint density at radius 1 is 1.11 bits per heavy atom. The summed E-state index contributed by atoms with van der Waals surface area (Å²) in [5.41, 5.74) is 4.51. The molecule has 0 aliphatic heterocycles. The van der Waals surface area contributed by atoms with Gasteiger partial charge in [-0.05, 0) is 64.9 Å². The maximum Gasteiger partial charge on any atom is 0.308 e. The Morgan fingerprint density at radius 2 is 1.81 bits per heavy atom. The Hall–Kier alpha value is -2.62. The highest BCUT2D eigenvalue weighted by molar-refractivity contribution is 14.1. The van der Waals surface area contributed by atoms with Crippen LogP contribution in [0.5, 0.6) is 17.2 Å². The predicted octanol–water partition coefficient (Wildman–Crippen LogP) is 3.31. The van der Waals surface area contributed by atoms with E-state index in [1.54, 1.807) is 24.3 Å². The molecule has 0 spiro atoms. The van der Waals surface area contributed by atoms with E-state index in [9.17, 15) is 9.59 Å². The topological polar surface area (TPSA) is 86.2 Å². The number of halogens is 1. The molecule has 27 heavy (non-hydrogen) atoms. The van der Waals surface area contributed by atoms with Crippen molar-refractivity contribution in [3.8, 4) is 17.2 Å². The number of nitrogens with zero attached hydrogens (tertiary/aromatic N) is 1. The summed E-state index contributed by atoms with van der Waals surface area (Å²) in [5, 5.41) is 3.98. The van der Waals surface area contributed by atoms with E-state index >= 15 is 0 Å². The first-order valence-electron chi connectivity index (χ1n) is 7.89. The highest BCUT2D eigenvalue weighted by Crippen LogP contribution is 2.33. The lowest BCUT2D eigenvalue weighted by Crippen LogP contribution is -2.18. The number of hydrogen-bond donors (Lipinski definition) is 1. The van der Waals surface area contributed by atoms with Crippen LogP contribution in [0.25, 0.3) is 0 Å². The zero-order valence-corrected chi connectivity index (χ0v) is 17.5. The van der Waals surface area contributed by atoms with E-state index in [1.165, 1.54) is 27.4 Å².